The number of hydrogen-bond acceptors (Lipinski definition) is 0. The second kappa shape index (κ2) is 3.27. The Kier molecular flexibility index (Phi) is 2.04. The highest BCUT2D eigenvalue weighted by Crippen LogP contribution is 2.80. The fourth-order valence-corrected chi connectivity index (χ4v) is 6.34. The van der Waals surface area contributed by atoms with Gasteiger partial charge in [0.25, 0.3) is 0 Å². The van der Waals surface area contributed by atoms with Crippen LogP contribution in [0.2, 0.25) is 0 Å². The van der Waals surface area contributed by atoms with Crippen molar-refractivity contribution in [1.29, 1.82) is 0 Å². The van der Waals surface area contributed by atoms with Crippen LogP contribution in [0.25, 0.3) is 0 Å². The van der Waals surface area contributed by atoms with Crippen molar-refractivity contribution in [3.63, 3.8) is 0 Å². The van der Waals surface area contributed by atoms with Crippen molar-refractivity contribution in [2.45, 2.75) is 64.7 Å². The van der Waals surface area contributed by atoms with Crippen molar-refractivity contribution >= 4 is 0 Å². The number of rotatable bonds is 2. The van der Waals surface area contributed by atoms with Crippen LogP contribution in [0.15, 0.2) is 0 Å². The molecule has 0 bridgehead atoms. The zero-order valence-corrected chi connectivity index (χ0v) is 10.8. The van der Waals surface area contributed by atoms with Gasteiger partial charge in [-0.1, -0.05) is 32.6 Å². The first-order valence-electron chi connectivity index (χ1n) is 7.89. The maximum Gasteiger partial charge on any atom is -0.0204 e. The van der Waals surface area contributed by atoms with E-state index < -0.39 is 0 Å². The molecule has 4 rings (SSSR count). The molecule has 0 nitrogen and oxygen atoms in total. The molecular formula is C16H26. The lowest BCUT2D eigenvalue weighted by Crippen LogP contribution is -2.09. The normalized spacial score (nSPS) is 58.7. The monoisotopic (exact) mass is 218 g/mol. The van der Waals surface area contributed by atoms with E-state index in [0.29, 0.717) is 0 Å². The van der Waals surface area contributed by atoms with Gasteiger partial charge in [-0.15, -0.1) is 0 Å². The minimum absolute atomic E-state index is 0.885. The van der Waals surface area contributed by atoms with Crippen molar-refractivity contribution in [2.24, 2.45) is 35.0 Å². The first-order valence-corrected chi connectivity index (χ1v) is 7.89. The van der Waals surface area contributed by atoms with E-state index in [1.165, 1.54) is 36.0 Å². The molecule has 0 heteroatoms. The molecule has 0 aliphatic heterocycles. The molecule has 4 saturated carbocycles. The number of hydrogen-bond donors (Lipinski definition) is 0. The Morgan fingerprint density at radius 3 is 1.81 bits per heavy atom. The fraction of sp³-hybridized carbons (Fsp3) is 1.00. The van der Waals surface area contributed by atoms with E-state index in [0.717, 1.165) is 5.41 Å². The van der Waals surface area contributed by atoms with Gasteiger partial charge in [-0.25, -0.2) is 0 Å². The molecule has 0 heterocycles. The minimum atomic E-state index is 0.885. The molecule has 0 N–H and O–H groups in total. The minimum Gasteiger partial charge on any atom is -0.0648 e. The lowest BCUT2D eigenvalue weighted by molar-refractivity contribution is 0.325. The summed E-state index contributed by atoms with van der Waals surface area (Å²) in [6, 6.07) is 0. The Morgan fingerprint density at radius 2 is 1.31 bits per heavy atom. The van der Waals surface area contributed by atoms with Crippen LogP contribution in [0, 0.1) is 35.0 Å². The van der Waals surface area contributed by atoms with E-state index in [1.807, 2.05) is 0 Å². The summed E-state index contributed by atoms with van der Waals surface area (Å²) in [6.07, 6.45) is 14.1. The van der Waals surface area contributed by atoms with Gasteiger partial charge in [-0.05, 0) is 67.1 Å². The maximum atomic E-state index is 2.50. The molecular weight excluding hydrogens is 192 g/mol. The van der Waals surface area contributed by atoms with Gasteiger partial charge < -0.3 is 0 Å². The third-order valence-corrected chi connectivity index (χ3v) is 6.93. The van der Waals surface area contributed by atoms with Crippen LogP contribution in [-0.4, -0.2) is 0 Å². The van der Waals surface area contributed by atoms with Gasteiger partial charge in [0.05, 0.1) is 0 Å². The summed E-state index contributed by atoms with van der Waals surface area (Å²) in [7, 11) is 0. The third kappa shape index (κ3) is 1.07. The van der Waals surface area contributed by atoms with Gasteiger partial charge in [0.15, 0.2) is 0 Å². The van der Waals surface area contributed by atoms with Crippen LogP contribution in [0.4, 0.5) is 0 Å². The standard InChI is InChI=1S/C16H26/c1-2-16(13-9-5-6-10-14(13)16)15-11-7-3-4-8-12(11)15/h11-15H,2-10H2,1H3/t11-,12+,13-,14+,15?,16?. The predicted octanol–water partition coefficient (Wildman–Crippen LogP) is 4.64. The molecule has 0 aromatic heterocycles. The number of fused-ring (bicyclic) bond motifs is 2. The van der Waals surface area contributed by atoms with Crippen molar-refractivity contribution in [1.82, 2.24) is 0 Å². The van der Waals surface area contributed by atoms with Crippen LogP contribution < -0.4 is 0 Å². The van der Waals surface area contributed by atoms with E-state index in [1.54, 1.807) is 51.4 Å². The topological polar surface area (TPSA) is 0 Å². The smallest absolute Gasteiger partial charge is 0.0204 e. The highest BCUT2D eigenvalue weighted by atomic mass is 14.8. The van der Waals surface area contributed by atoms with Crippen LogP contribution in [0.5, 0.6) is 0 Å². The Bertz CT molecular complexity index is 268. The summed E-state index contributed by atoms with van der Waals surface area (Å²) in [6.45, 7) is 2.50. The average Bonchev–Trinajstić information content (AvgIpc) is 3.20. The largest absolute Gasteiger partial charge is 0.0648 e. The lowest BCUT2D eigenvalue weighted by Gasteiger charge is -2.16. The summed E-state index contributed by atoms with van der Waals surface area (Å²) in [5.74, 6) is 5.95. The van der Waals surface area contributed by atoms with Gasteiger partial charge in [0, 0.05) is 0 Å². The van der Waals surface area contributed by atoms with E-state index in [2.05, 4.69) is 6.92 Å². The molecule has 4 fully saturated rings. The quantitative estimate of drug-likeness (QED) is 0.633. The van der Waals surface area contributed by atoms with E-state index >= 15 is 0 Å². The first-order chi connectivity index (χ1) is 7.89. The molecule has 0 spiro atoms. The second-order valence-corrected chi connectivity index (χ2v) is 7.10. The summed E-state index contributed by atoms with van der Waals surface area (Å²) in [5, 5.41) is 0. The molecule has 2 unspecified atom stereocenters. The Labute approximate surface area is 100 Å². The Balaban J connectivity index is 1.57. The average molecular weight is 218 g/mol. The summed E-state index contributed by atoms with van der Waals surface area (Å²) in [5.41, 5.74) is 0.885. The third-order valence-electron chi connectivity index (χ3n) is 6.93. The zero-order valence-electron chi connectivity index (χ0n) is 10.8. The van der Waals surface area contributed by atoms with Gasteiger partial charge in [0.1, 0.15) is 0 Å². The van der Waals surface area contributed by atoms with Crippen LogP contribution in [0.1, 0.15) is 64.7 Å². The molecule has 0 saturated heterocycles. The van der Waals surface area contributed by atoms with Gasteiger partial charge in [0.2, 0.25) is 0 Å². The summed E-state index contributed by atoms with van der Waals surface area (Å²) in [4.78, 5) is 0. The molecule has 0 aromatic carbocycles. The van der Waals surface area contributed by atoms with Crippen molar-refractivity contribution in [3.05, 3.63) is 0 Å². The second-order valence-electron chi connectivity index (χ2n) is 7.10. The van der Waals surface area contributed by atoms with Crippen LogP contribution >= 0.6 is 0 Å². The predicted molar refractivity (Wildman–Crippen MR) is 67.1 cm³/mol. The van der Waals surface area contributed by atoms with Crippen molar-refractivity contribution in [3.8, 4) is 0 Å². The molecule has 0 aromatic rings. The maximum absolute atomic E-state index is 2.50. The SMILES string of the molecule is CCC1(C2[C@H]3CCCC[C@@H]23)[C@@H]2CCCC[C@@H]21. The highest BCUT2D eigenvalue weighted by Gasteiger charge is 2.74. The highest BCUT2D eigenvalue weighted by molar-refractivity contribution is 5.22. The Morgan fingerprint density at radius 1 is 0.812 bits per heavy atom. The molecule has 0 amide bonds. The molecule has 16 heavy (non-hydrogen) atoms. The summed E-state index contributed by atoms with van der Waals surface area (Å²) < 4.78 is 0. The lowest BCUT2D eigenvalue weighted by atomic mass is 9.89. The van der Waals surface area contributed by atoms with Gasteiger partial charge in [-0.3, -0.25) is 0 Å². The Hall–Kier alpha value is 0. The van der Waals surface area contributed by atoms with Crippen molar-refractivity contribution in [2.75, 3.05) is 0 Å². The molecule has 4 aliphatic carbocycles. The van der Waals surface area contributed by atoms with Crippen LogP contribution in [0.3, 0.4) is 0 Å². The van der Waals surface area contributed by atoms with Crippen LogP contribution in [-0.2, 0) is 0 Å². The van der Waals surface area contributed by atoms with E-state index in [9.17, 15) is 0 Å². The van der Waals surface area contributed by atoms with E-state index in [-0.39, 0.29) is 0 Å². The first kappa shape index (κ1) is 9.97. The summed E-state index contributed by atoms with van der Waals surface area (Å²) >= 11 is 0. The van der Waals surface area contributed by atoms with Gasteiger partial charge in [-0.2, -0.15) is 0 Å². The molecule has 0 radical (unpaired) electrons. The zero-order chi connectivity index (χ0) is 10.8. The van der Waals surface area contributed by atoms with E-state index in [4.69, 9.17) is 0 Å². The molecule has 90 valence electrons. The fourth-order valence-electron chi connectivity index (χ4n) is 6.34. The molecule has 4 aliphatic rings. The van der Waals surface area contributed by atoms with Crippen molar-refractivity contribution < 1.29 is 0 Å². The van der Waals surface area contributed by atoms with Gasteiger partial charge >= 0.3 is 0 Å². The molecule has 6 atom stereocenters.